The molecular weight excluding hydrogens is 350 g/mol. The number of benzene rings is 2. The maximum absolute atomic E-state index is 12.7. The molecule has 0 radical (unpaired) electrons. The lowest BCUT2D eigenvalue weighted by atomic mass is 9.97. The molecule has 4 rings (SSSR count). The first-order chi connectivity index (χ1) is 13.5. The van der Waals surface area contributed by atoms with Crippen molar-refractivity contribution < 1.29 is 9.32 Å². The maximum atomic E-state index is 12.7. The van der Waals surface area contributed by atoms with Crippen LogP contribution in [0.3, 0.4) is 0 Å². The van der Waals surface area contributed by atoms with Gasteiger partial charge < -0.3 is 15.2 Å². The summed E-state index contributed by atoms with van der Waals surface area (Å²) in [4.78, 5) is 14.5. The number of hydrogen-bond acceptors (Lipinski definition) is 4. The fourth-order valence-corrected chi connectivity index (χ4v) is 3.57. The molecule has 1 aromatic heterocycles. The smallest absolute Gasteiger partial charge is 0.240 e. The lowest BCUT2D eigenvalue weighted by molar-refractivity contribution is -0.134. The van der Waals surface area contributed by atoms with E-state index in [-0.39, 0.29) is 11.8 Å². The Bertz CT molecular complexity index is 961. The number of carbonyl (C=O) groups is 1. The summed E-state index contributed by atoms with van der Waals surface area (Å²) in [5.41, 5.74) is 11.2. The highest BCUT2D eigenvalue weighted by Crippen LogP contribution is 2.31. The van der Waals surface area contributed by atoms with E-state index >= 15 is 0 Å². The van der Waals surface area contributed by atoms with Gasteiger partial charge in [0.1, 0.15) is 11.5 Å². The van der Waals surface area contributed by atoms with E-state index in [0.29, 0.717) is 19.5 Å². The molecule has 2 aromatic carbocycles. The Labute approximate surface area is 165 Å². The van der Waals surface area contributed by atoms with E-state index in [0.717, 1.165) is 28.1 Å². The van der Waals surface area contributed by atoms with E-state index in [1.165, 1.54) is 5.56 Å². The molecule has 144 valence electrons. The minimum Gasteiger partial charge on any atom is -0.360 e. The van der Waals surface area contributed by atoms with Gasteiger partial charge in [-0.15, -0.1) is 0 Å². The predicted molar refractivity (Wildman–Crippen MR) is 109 cm³/mol. The van der Waals surface area contributed by atoms with Crippen LogP contribution in [0.4, 0.5) is 0 Å². The first-order valence-corrected chi connectivity index (χ1v) is 9.72. The summed E-state index contributed by atoms with van der Waals surface area (Å²) in [6, 6.07) is 18.1. The molecule has 1 amide bonds. The van der Waals surface area contributed by atoms with Crippen molar-refractivity contribution in [3.63, 3.8) is 0 Å². The normalized spacial score (nSPS) is 14.8. The number of carbonyl (C=O) groups excluding carboxylic acids is 1. The van der Waals surface area contributed by atoms with Gasteiger partial charge in [-0.1, -0.05) is 73.6 Å². The molecule has 0 bridgehead atoms. The molecule has 0 fully saturated rings. The Kier molecular flexibility index (Phi) is 5.01. The summed E-state index contributed by atoms with van der Waals surface area (Å²) in [5, 5.41) is 4.30. The van der Waals surface area contributed by atoms with Gasteiger partial charge in [-0.3, -0.25) is 4.79 Å². The molecule has 1 aliphatic heterocycles. The number of hydrogen-bond donors (Lipinski definition) is 1. The number of amides is 1. The summed E-state index contributed by atoms with van der Waals surface area (Å²) in [6.07, 6.45) is 0.668. The molecule has 0 spiro atoms. The van der Waals surface area contributed by atoms with Crippen LogP contribution in [0.25, 0.3) is 22.4 Å². The second kappa shape index (κ2) is 7.60. The van der Waals surface area contributed by atoms with E-state index in [9.17, 15) is 4.79 Å². The zero-order chi connectivity index (χ0) is 19.7. The van der Waals surface area contributed by atoms with Crippen molar-refractivity contribution in [2.24, 2.45) is 11.7 Å². The molecule has 0 unspecified atom stereocenters. The van der Waals surface area contributed by atoms with Crippen LogP contribution in [0.5, 0.6) is 0 Å². The average molecular weight is 375 g/mol. The van der Waals surface area contributed by atoms with Crippen LogP contribution >= 0.6 is 0 Å². The van der Waals surface area contributed by atoms with E-state index < -0.39 is 6.04 Å². The number of rotatable bonds is 4. The Morgan fingerprint density at radius 1 is 1.04 bits per heavy atom. The maximum Gasteiger partial charge on any atom is 0.240 e. The third kappa shape index (κ3) is 3.45. The van der Waals surface area contributed by atoms with Crippen LogP contribution in [0.15, 0.2) is 59.1 Å². The summed E-state index contributed by atoms with van der Waals surface area (Å²) < 4.78 is 5.57. The van der Waals surface area contributed by atoms with Crippen LogP contribution in [-0.2, 0) is 17.8 Å². The summed E-state index contributed by atoms with van der Waals surface area (Å²) in [6.45, 7) is 5.05. The van der Waals surface area contributed by atoms with Crippen LogP contribution < -0.4 is 5.73 Å². The second-order valence-electron chi connectivity index (χ2n) is 7.66. The number of nitrogens with two attached hydrogens (primary N) is 1. The third-order valence-electron chi connectivity index (χ3n) is 5.41. The quantitative estimate of drug-likeness (QED) is 0.751. The second-order valence-corrected chi connectivity index (χ2v) is 7.66. The van der Waals surface area contributed by atoms with Crippen molar-refractivity contribution in [1.29, 1.82) is 0 Å². The van der Waals surface area contributed by atoms with Gasteiger partial charge in [-0.05, 0) is 17.0 Å². The molecule has 2 heterocycles. The highest BCUT2D eigenvalue weighted by molar-refractivity contribution is 5.82. The average Bonchev–Trinajstić information content (AvgIpc) is 3.16. The van der Waals surface area contributed by atoms with E-state index in [1.54, 1.807) is 0 Å². The van der Waals surface area contributed by atoms with E-state index in [4.69, 9.17) is 10.3 Å². The molecule has 1 aliphatic rings. The summed E-state index contributed by atoms with van der Waals surface area (Å²) in [7, 11) is 0. The Morgan fingerprint density at radius 3 is 2.36 bits per heavy atom. The fourth-order valence-electron chi connectivity index (χ4n) is 3.57. The van der Waals surface area contributed by atoms with Gasteiger partial charge in [-0.2, -0.15) is 0 Å². The van der Waals surface area contributed by atoms with Crippen molar-refractivity contribution in [3.8, 4) is 22.4 Å². The minimum absolute atomic E-state index is 0.00720. The zero-order valence-corrected chi connectivity index (χ0v) is 16.3. The molecular formula is C23H25N3O2. The van der Waals surface area contributed by atoms with Crippen molar-refractivity contribution in [3.05, 3.63) is 65.9 Å². The van der Waals surface area contributed by atoms with Gasteiger partial charge in [-0.25, -0.2) is 0 Å². The standard InChI is InChI=1S/C23H25N3O2/c1-15(2)21(24)23(27)26-13-12-20-19(14-26)22(25-28-20)18-10-8-17(9-11-18)16-6-4-3-5-7-16/h3-11,15,21H,12-14,24H2,1-2H3/t21-/m1/s1. The molecule has 0 aliphatic carbocycles. The summed E-state index contributed by atoms with van der Waals surface area (Å²) >= 11 is 0. The van der Waals surface area contributed by atoms with E-state index in [2.05, 4.69) is 41.6 Å². The van der Waals surface area contributed by atoms with Crippen LogP contribution in [0.1, 0.15) is 25.2 Å². The number of fused-ring (bicyclic) bond motifs is 1. The molecule has 28 heavy (non-hydrogen) atoms. The highest BCUT2D eigenvalue weighted by atomic mass is 16.5. The van der Waals surface area contributed by atoms with Gasteiger partial charge in [0.05, 0.1) is 12.6 Å². The highest BCUT2D eigenvalue weighted by Gasteiger charge is 2.30. The molecule has 5 nitrogen and oxygen atoms in total. The fraction of sp³-hybridized carbons (Fsp3) is 0.304. The van der Waals surface area contributed by atoms with Gasteiger partial charge in [0, 0.05) is 24.1 Å². The molecule has 5 heteroatoms. The predicted octanol–water partition coefficient (Wildman–Crippen LogP) is 3.88. The molecule has 0 saturated heterocycles. The van der Waals surface area contributed by atoms with Crippen LogP contribution in [-0.4, -0.2) is 28.6 Å². The zero-order valence-electron chi connectivity index (χ0n) is 16.3. The first-order valence-electron chi connectivity index (χ1n) is 9.72. The SMILES string of the molecule is CC(C)[C@@H](N)C(=O)N1CCc2onc(-c3ccc(-c4ccccc4)cc3)c2C1. The van der Waals surface area contributed by atoms with Gasteiger partial charge in [0.2, 0.25) is 5.91 Å². The summed E-state index contributed by atoms with van der Waals surface area (Å²) in [5.74, 6) is 0.970. The monoisotopic (exact) mass is 375 g/mol. The largest absolute Gasteiger partial charge is 0.360 e. The van der Waals surface area contributed by atoms with Gasteiger partial charge in [0.25, 0.3) is 0 Å². The van der Waals surface area contributed by atoms with Gasteiger partial charge >= 0.3 is 0 Å². The Morgan fingerprint density at radius 2 is 1.68 bits per heavy atom. The van der Waals surface area contributed by atoms with Crippen molar-refractivity contribution >= 4 is 5.91 Å². The minimum atomic E-state index is -0.477. The van der Waals surface area contributed by atoms with Crippen LogP contribution in [0.2, 0.25) is 0 Å². The molecule has 0 saturated carbocycles. The van der Waals surface area contributed by atoms with Crippen molar-refractivity contribution in [2.45, 2.75) is 32.9 Å². The third-order valence-corrected chi connectivity index (χ3v) is 5.41. The molecule has 3 aromatic rings. The first kappa shape index (κ1) is 18.4. The lowest BCUT2D eigenvalue weighted by Crippen LogP contribution is -2.48. The van der Waals surface area contributed by atoms with Crippen LogP contribution in [0, 0.1) is 5.92 Å². The van der Waals surface area contributed by atoms with Crippen molar-refractivity contribution in [1.82, 2.24) is 10.1 Å². The topological polar surface area (TPSA) is 72.4 Å². The number of nitrogens with zero attached hydrogens (tertiary/aromatic N) is 2. The molecule has 2 N–H and O–H groups in total. The molecule has 1 atom stereocenters. The Hall–Kier alpha value is -2.92. The van der Waals surface area contributed by atoms with E-state index in [1.807, 2.05) is 36.9 Å². The Balaban J connectivity index is 1.59. The van der Waals surface area contributed by atoms with Crippen molar-refractivity contribution in [2.75, 3.05) is 6.54 Å². The van der Waals surface area contributed by atoms with Gasteiger partial charge in [0.15, 0.2) is 0 Å². The lowest BCUT2D eigenvalue weighted by Gasteiger charge is -2.29. The number of aromatic nitrogens is 1.